The number of H-pyrrole nitrogens is 1. The third kappa shape index (κ3) is 3.44. The number of nitrogens with zero attached hydrogens (tertiary/aromatic N) is 3. The Balaban J connectivity index is 1.38. The van der Waals surface area contributed by atoms with Crippen LogP contribution in [0.3, 0.4) is 0 Å². The molecule has 136 valence electrons. The van der Waals surface area contributed by atoms with Crippen LogP contribution in [-0.4, -0.2) is 32.4 Å². The lowest BCUT2D eigenvalue weighted by atomic mass is 10.1. The fourth-order valence-electron chi connectivity index (χ4n) is 3.22. The maximum Gasteiger partial charge on any atom is 0.271 e. The van der Waals surface area contributed by atoms with Crippen LogP contribution in [0.4, 0.5) is 0 Å². The number of aryl methyl sites for hydroxylation is 3. The second-order valence-corrected chi connectivity index (χ2v) is 8.63. The molecule has 0 atom stereocenters. The highest BCUT2D eigenvalue weighted by atomic mass is 32.1. The lowest BCUT2D eigenvalue weighted by Crippen LogP contribution is -2.33. The summed E-state index contributed by atoms with van der Waals surface area (Å²) in [5, 5.41) is 14.7. The largest absolute Gasteiger partial charge is 0.350 e. The number of aromatic nitrogens is 4. The highest BCUT2D eigenvalue weighted by Crippen LogP contribution is 2.46. The number of carbonyl (C=O) groups excluding carboxylic acids is 1. The number of hydrogen-bond acceptors (Lipinski definition) is 4. The molecule has 4 rings (SSSR count). The van der Waals surface area contributed by atoms with Gasteiger partial charge in [0.2, 0.25) is 0 Å². The molecule has 0 radical (unpaired) electrons. The lowest BCUT2D eigenvalue weighted by molar-refractivity contribution is 0.0937. The van der Waals surface area contributed by atoms with Gasteiger partial charge in [-0.2, -0.15) is 10.2 Å². The predicted octanol–water partition coefficient (Wildman–Crippen LogP) is 3.47. The van der Waals surface area contributed by atoms with Crippen molar-refractivity contribution in [1.29, 1.82) is 0 Å². The number of rotatable bonds is 6. The Morgan fingerprint density at radius 2 is 2.12 bits per heavy atom. The molecule has 2 N–H and O–H groups in total. The van der Waals surface area contributed by atoms with Crippen molar-refractivity contribution in [1.82, 2.24) is 25.3 Å². The molecule has 1 aliphatic rings. The summed E-state index contributed by atoms with van der Waals surface area (Å²) >= 11 is 1.69. The molecular weight excluding hydrogens is 346 g/mol. The van der Waals surface area contributed by atoms with E-state index in [-0.39, 0.29) is 11.3 Å². The van der Waals surface area contributed by atoms with E-state index in [2.05, 4.69) is 51.3 Å². The minimum Gasteiger partial charge on any atom is -0.350 e. The summed E-state index contributed by atoms with van der Waals surface area (Å²) in [5.41, 5.74) is 3.66. The van der Waals surface area contributed by atoms with Crippen LogP contribution in [0.1, 0.15) is 39.6 Å². The SMILES string of the molecule is Cc1cc(C)n(CC2(CNC(=O)c3cc(-c4ccc(C)s4)[nH]n3)CC2)n1. The minimum atomic E-state index is -0.125. The predicted molar refractivity (Wildman–Crippen MR) is 102 cm³/mol. The third-order valence-electron chi connectivity index (χ3n) is 4.99. The molecule has 1 saturated carbocycles. The van der Waals surface area contributed by atoms with E-state index in [4.69, 9.17) is 0 Å². The summed E-state index contributed by atoms with van der Waals surface area (Å²) in [7, 11) is 0. The molecule has 3 aromatic rings. The number of hydrogen-bond donors (Lipinski definition) is 2. The summed E-state index contributed by atoms with van der Waals surface area (Å²) in [6.45, 7) is 7.66. The van der Waals surface area contributed by atoms with Gasteiger partial charge in [-0.15, -0.1) is 11.3 Å². The number of aromatic amines is 1. The first kappa shape index (κ1) is 17.0. The lowest BCUT2D eigenvalue weighted by Gasteiger charge is -2.16. The van der Waals surface area contributed by atoms with Crippen LogP contribution in [0.5, 0.6) is 0 Å². The first-order valence-electron chi connectivity index (χ1n) is 8.86. The topological polar surface area (TPSA) is 75.6 Å². The van der Waals surface area contributed by atoms with Gasteiger partial charge in [-0.05, 0) is 57.9 Å². The average molecular weight is 369 g/mol. The van der Waals surface area contributed by atoms with E-state index in [0.717, 1.165) is 35.7 Å². The maximum atomic E-state index is 12.5. The zero-order chi connectivity index (χ0) is 18.3. The van der Waals surface area contributed by atoms with Gasteiger partial charge in [-0.1, -0.05) is 0 Å². The Bertz CT molecular complexity index is 947. The summed E-state index contributed by atoms with van der Waals surface area (Å²) in [5.74, 6) is -0.125. The van der Waals surface area contributed by atoms with Gasteiger partial charge in [0.15, 0.2) is 5.69 Å². The van der Waals surface area contributed by atoms with E-state index in [1.807, 2.05) is 19.1 Å². The van der Waals surface area contributed by atoms with Gasteiger partial charge in [0.1, 0.15) is 0 Å². The van der Waals surface area contributed by atoms with E-state index in [1.165, 1.54) is 10.6 Å². The average Bonchev–Trinajstić information content (AvgIpc) is 2.92. The second kappa shape index (κ2) is 6.39. The number of amides is 1. The van der Waals surface area contributed by atoms with E-state index in [0.29, 0.717) is 12.2 Å². The van der Waals surface area contributed by atoms with Crippen molar-refractivity contribution in [3.05, 3.63) is 46.2 Å². The zero-order valence-electron chi connectivity index (χ0n) is 15.3. The van der Waals surface area contributed by atoms with Gasteiger partial charge in [0.25, 0.3) is 5.91 Å². The quantitative estimate of drug-likeness (QED) is 0.698. The van der Waals surface area contributed by atoms with Gasteiger partial charge < -0.3 is 5.32 Å². The van der Waals surface area contributed by atoms with Crippen molar-refractivity contribution in [3.63, 3.8) is 0 Å². The number of thiophene rings is 1. The molecule has 0 saturated heterocycles. The standard InChI is InChI=1S/C19H23N5OS/c1-12-8-13(2)24(23-12)11-19(6-7-19)10-20-18(25)16-9-15(21-22-16)17-5-4-14(3)26-17/h4-5,8-9H,6-7,10-11H2,1-3H3,(H,20,25)(H,21,22). The smallest absolute Gasteiger partial charge is 0.271 e. The number of carbonyl (C=O) groups is 1. The van der Waals surface area contributed by atoms with Gasteiger partial charge in [0, 0.05) is 29.1 Å². The summed E-state index contributed by atoms with van der Waals surface area (Å²) in [4.78, 5) is 14.8. The van der Waals surface area contributed by atoms with Gasteiger partial charge in [0.05, 0.1) is 16.3 Å². The van der Waals surface area contributed by atoms with Crippen molar-refractivity contribution in [2.75, 3.05) is 6.54 Å². The van der Waals surface area contributed by atoms with Gasteiger partial charge in [-0.3, -0.25) is 14.6 Å². The molecule has 0 aromatic carbocycles. The first-order valence-corrected chi connectivity index (χ1v) is 9.67. The van der Waals surface area contributed by atoms with Crippen LogP contribution in [0.2, 0.25) is 0 Å². The van der Waals surface area contributed by atoms with Crippen LogP contribution in [0.25, 0.3) is 10.6 Å². The van der Waals surface area contributed by atoms with Crippen LogP contribution in [-0.2, 0) is 6.54 Å². The molecule has 0 bridgehead atoms. The molecule has 0 spiro atoms. The Kier molecular flexibility index (Phi) is 4.19. The summed E-state index contributed by atoms with van der Waals surface area (Å²) < 4.78 is 2.06. The van der Waals surface area contributed by atoms with Crippen LogP contribution < -0.4 is 5.32 Å². The fourth-order valence-corrected chi connectivity index (χ4v) is 4.06. The molecule has 1 amide bonds. The van der Waals surface area contributed by atoms with Crippen molar-refractivity contribution >= 4 is 17.2 Å². The Hall–Kier alpha value is -2.41. The molecule has 0 aliphatic heterocycles. The molecule has 6 nitrogen and oxygen atoms in total. The fraction of sp³-hybridized carbons (Fsp3) is 0.421. The van der Waals surface area contributed by atoms with E-state index < -0.39 is 0 Å². The molecule has 3 heterocycles. The molecule has 26 heavy (non-hydrogen) atoms. The van der Waals surface area contributed by atoms with Gasteiger partial charge in [-0.25, -0.2) is 0 Å². The third-order valence-corrected chi connectivity index (χ3v) is 6.02. The summed E-state index contributed by atoms with van der Waals surface area (Å²) in [6.07, 6.45) is 2.23. The highest BCUT2D eigenvalue weighted by molar-refractivity contribution is 7.15. The van der Waals surface area contributed by atoms with Crippen LogP contribution in [0.15, 0.2) is 24.3 Å². The van der Waals surface area contributed by atoms with Gasteiger partial charge >= 0.3 is 0 Å². The Morgan fingerprint density at radius 1 is 1.31 bits per heavy atom. The Labute approximate surface area is 156 Å². The van der Waals surface area contributed by atoms with Crippen molar-refractivity contribution in [3.8, 4) is 10.6 Å². The highest BCUT2D eigenvalue weighted by Gasteiger charge is 2.43. The Morgan fingerprint density at radius 3 is 2.73 bits per heavy atom. The molecule has 1 fully saturated rings. The monoisotopic (exact) mass is 369 g/mol. The number of nitrogens with one attached hydrogen (secondary N) is 2. The molecule has 0 unspecified atom stereocenters. The maximum absolute atomic E-state index is 12.5. The van der Waals surface area contributed by atoms with Crippen LogP contribution >= 0.6 is 11.3 Å². The minimum absolute atomic E-state index is 0.125. The molecule has 3 aromatic heterocycles. The molecule has 1 aliphatic carbocycles. The van der Waals surface area contributed by atoms with E-state index in [1.54, 1.807) is 11.3 Å². The second-order valence-electron chi connectivity index (χ2n) is 7.34. The summed E-state index contributed by atoms with van der Waals surface area (Å²) in [6, 6.07) is 8.02. The van der Waals surface area contributed by atoms with Crippen molar-refractivity contribution in [2.24, 2.45) is 5.41 Å². The van der Waals surface area contributed by atoms with Crippen LogP contribution in [0, 0.1) is 26.2 Å². The zero-order valence-corrected chi connectivity index (χ0v) is 16.1. The van der Waals surface area contributed by atoms with E-state index in [9.17, 15) is 4.79 Å². The van der Waals surface area contributed by atoms with E-state index >= 15 is 0 Å². The van der Waals surface area contributed by atoms with Crippen molar-refractivity contribution in [2.45, 2.75) is 40.2 Å². The molecular formula is C19H23N5OS. The first-order chi connectivity index (χ1) is 12.4. The normalized spacial score (nSPS) is 15.2. The molecule has 7 heteroatoms. The van der Waals surface area contributed by atoms with Crippen molar-refractivity contribution < 1.29 is 4.79 Å².